The number of thioether (sulfide) groups is 1. The van der Waals surface area contributed by atoms with E-state index < -0.39 is 5.97 Å². The van der Waals surface area contributed by atoms with Crippen LogP contribution in [0, 0.1) is 0 Å². The van der Waals surface area contributed by atoms with Crippen LogP contribution >= 0.6 is 11.8 Å². The number of pyridine rings is 1. The maximum Gasteiger partial charge on any atom is 0.316 e. The highest BCUT2D eigenvalue weighted by atomic mass is 32.2. The molecule has 4 rings (SSSR count). The summed E-state index contributed by atoms with van der Waals surface area (Å²) in [6, 6.07) is 11.1. The first-order valence-corrected chi connectivity index (χ1v) is 10.2. The predicted molar refractivity (Wildman–Crippen MR) is 110 cm³/mol. The molecule has 3 heterocycles. The van der Waals surface area contributed by atoms with E-state index in [-0.39, 0.29) is 16.9 Å². The molecule has 0 bridgehead atoms. The number of aromatic nitrogens is 3. The summed E-state index contributed by atoms with van der Waals surface area (Å²) in [5.74, 6) is -0.346. The van der Waals surface area contributed by atoms with Crippen LogP contribution in [0.4, 0.5) is 0 Å². The van der Waals surface area contributed by atoms with Crippen molar-refractivity contribution < 1.29 is 14.3 Å². The van der Waals surface area contributed by atoms with Gasteiger partial charge in [0.2, 0.25) is 0 Å². The van der Waals surface area contributed by atoms with Crippen LogP contribution in [0.25, 0.3) is 16.7 Å². The average molecular weight is 411 g/mol. The average Bonchev–Trinajstić information content (AvgIpc) is 2.71. The van der Waals surface area contributed by atoms with Crippen molar-refractivity contribution in [1.29, 1.82) is 0 Å². The van der Waals surface area contributed by atoms with Gasteiger partial charge in [-0.1, -0.05) is 30.0 Å². The Morgan fingerprint density at radius 3 is 2.76 bits per heavy atom. The van der Waals surface area contributed by atoms with Crippen molar-refractivity contribution in [2.24, 2.45) is 0 Å². The van der Waals surface area contributed by atoms with Gasteiger partial charge in [0.25, 0.3) is 5.56 Å². The van der Waals surface area contributed by atoms with Gasteiger partial charge in [-0.05, 0) is 37.6 Å². The van der Waals surface area contributed by atoms with E-state index in [1.807, 2.05) is 50.2 Å². The van der Waals surface area contributed by atoms with Crippen LogP contribution in [-0.4, -0.2) is 39.0 Å². The Bertz CT molecular complexity index is 1140. The number of para-hydroxylation sites is 1. The molecular formula is C21H21N3O4S. The lowest BCUT2D eigenvalue weighted by atomic mass is 9.94. The van der Waals surface area contributed by atoms with Crippen LogP contribution in [0.2, 0.25) is 0 Å². The fourth-order valence-corrected chi connectivity index (χ4v) is 4.14. The van der Waals surface area contributed by atoms with Gasteiger partial charge in [0.15, 0.2) is 10.8 Å². The number of carbonyl (C=O) groups is 1. The third-order valence-corrected chi connectivity index (χ3v) is 5.69. The van der Waals surface area contributed by atoms with Gasteiger partial charge in [-0.3, -0.25) is 14.2 Å². The highest BCUT2D eigenvalue weighted by Gasteiger charge is 2.28. The maximum absolute atomic E-state index is 13.4. The Balaban J connectivity index is 1.91. The van der Waals surface area contributed by atoms with Crippen LogP contribution in [0.1, 0.15) is 25.1 Å². The van der Waals surface area contributed by atoms with Crippen molar-refractivity contribution in [1.82, 2.24) is 14.5 Å². The Hall–Kier alpha value is -2.71. The zero-order valence-corrected chi connectivity index (χ0v) is 17.3. The number of esters is 1. The van der Waals surface area contributed by atoms with Crippen LogP contribution < -0.4 is 5.56 Å². The second kappa shape index (κ2) is 7.61. The molecule has 0 saturated carbocycles. The number of rotatable bonds is 4. The Kier molecular flexibility index (Phi) is 5.14. The third kappa shape index (κ3) is 3.90. The smallest absolute Gasteiger partial charge is 0.316 e. The minimum atomic E-state index is -0.391. The zero-order valence-electron chi connectivity index (χ0n) is 16.5. The number of methoxy groups -OCH3 is 1. The molecule has 0 atom stereocenters. The molecule has 8 heteroatoms. The molecule has 150 valence electrons. The number of fused-ring (bicyclic) bond motifs is 2. The van der Waals surface area contributed by atoms with Crippen LogP contribution in [0.3, 0.4) is 0 Å². The van der Waals surface area contributed by atoms with Gasteiger partial charge in [-0.25, -0.2) is 9.97 Å². The molecule has 2 aromatic heterocycles. The standard InChI is InChI=1S/C21H21N3O4S/c1-21(2)10-13-9-15-18(22-16(13)11-28-21)23-20(29-12-17(25)27-3)24(19(15)26)14-7-5-4-6-8-14/h4-9H,10-12H2,1-3H3. The molecule has 0 fully saturated rings. The molecule has 29 heavy (non-hydrogen) atoms. The van der Waals surface area contributed by atoms with Gasteiger partial charge in [-0.2, -0.15) is 0 Å². The van der Waals surface area contributed by atoms with Gasteiger partial charge in [0.05, 0.1) is 41.8 Å². The second-order valence-corrected chi connectivity index (χ2v) is 8.37. The maximum atomic E-state index is 13.4. The number of hydrogen-bond donors (Lipinski definition) is 0. The number of hydrogen-bond acceptors (Lipinski definition) is 7. The van der Waals surface area contributed by atoms with Crippen molar-refractivity contribution in [3.05, 3.63) is 58.0 Å². The van der Waals surface area contributed by atoms with E-state index in [9.17, 15) is 9.59 Å². The Labute approximate surface area is 172 Å². The van der Waals surface area contributed by atoms with Crippen LogP contribution in [-0.2, 0) is 27.3 Å². The molecule has 1 aliphatic heterocycles. The molecule has 3 aromatic rings. The van der Waals surface area contributed by atoms with Crippen molar-refractivity contribution in [2.75, 3.05) is 12.9 Å². The number of benzene rings is 1. The molecule has 1 aliphatic rings. The molecule has 0 amide bonds. The SMILES string of the molecule is COC(=O)CSc1nc2nc3c(cc2c(=O)n1-c1ccccc1)CC(C)(C)OC3. The molecule has 0 N–H and O–H groups in total. The summed E-state index contributed by atoms with van der Waals surface area (Å²) in [5, 5.41) is 0.844. The lowest BCUT2D eigenvalue weighted by Crippen LogP contribution is -2.33. The van der Waals surface area contributed by atoms with E-state index in [1.165, 1.54) is 11.7 Å². The van der Waals surface area contributed by atoms with E-state index in [0.717, 1.165) is 23.0 Å². The van der Waals surface area contributed by atoms with Gasteiger partial charge < -0.3 is 9.47 Å². The van der Waals surface area contributed by atoms with E-state index in [0.29, 0.717) is 34.9 Å². The van der Waals surface area contributed by atoms with E-state index in [2.05, 4.69) is 9.97 Å². The lowest BCUT2D eigenvalue weighted by molar-refractivity contribution is -0.137. The largest absolute Gasteiger partial charge is 0.468 e. The number of carbonyl (C=O) groups excluding carboxylic acids is 1. The highest BCUT2D eigenvalue weighted by molar-refractivity contribution is 7.99. The summed E-state index contributed by atoms with van der Waals surface area (Å²) in [6.07, 6.45) is 0.675. The first kappa shape index (κ1) is 19.6. The van der Waals surface area contributed by atoms with Crippen molar-refractivity contribution >= 4 is 28.8 Å². The molecule has 0 unspecified atom stereocenters. The van der Waals surface area contributed by atoms with Crippen molar-refractivity contribution in [2.45, 2.75) is 37.6 Å². The van der Waals surface area contributed by atoms with E-state index >= 15 is 0 Å². The molecule has 1 aromatic carbocycles. The van der Waals surface area contributed by atoms with E-state index in [4.69, 9.17) is 9.47 Å². The summed E-state index contributed by atoms with van der Waals surface area (Å²) in [4.78, 5) is 34.3. The molecule has 0 aliphatic carbocycles. The fourth-order valence-electron chi connectivity index (χ4n) is 3.31. The summed E-state index contributed by atoms with van der Waals surface area (Å²) < 4.78 is 12.1. The Morgan fingerprint density at radius 2 is 2.03 bits per heavy atom. The van der Waals surface area contributed by atoms with Gasteiger partial charge >= 0.3 is 5.97 Å². The predicted octanol–water partition coefficient (Wildman–Crippen LogP) is 2.90. The normalized spacial score (nSPS) is 15.1. The highest BCUT2D eigenvalue weighted by Crippen LogP contribution is 2.29. The minimum Gasteiger partial charge on any atom is -0.468 e. The minimum absolute atomic E-state index is 0.0452. The van der Waals surface area contributed by atoms with Gasteiger partial charge in [0.1, 0.15) is 0 Å². The summed E-state index contributed by atoms with van der Waals surface area (Å²) in [6.45, 7) is 4.42. The lowest BCUT2D eigenvalue weighted by Gasteiger charge is -2.31. The van der Waals surface area contributed by atoms with Crippen molar-refractivity contribution in [3.63, 3.8) is 0 Å². The van der Waals surface area contributed by atoms with E-state index in [1.54, 1.807) is 0 Å². The van der Waals surface area contributed by atoms with Crippen molar-refractivity contribution in [3.8, 4) is 5.69 Å². The fraction of sp³-hybridized carbons (Fsp3) is 0.333. The van der Waals surface area contributed by atoms with Crippen LogP contribution in [0.5, 0.6) is 0 Å². The summed E-state index contributed by atoms with van der Waals surface area (Å²) in [7, 11) is 1.33. The van der Waals surface area contributed by atoms with Gasteiger partial charge in [-0.15, -0.1) is 0 Å². The first-order chi connectivity index (χ1) is 13.9. The number of nitrogens with zero attached hydrogens (tertiary/aromatic N) is 3. The number of ether oxygens (including phenoxy) is 2. The Morgan fingerprint density at radius 1 is 1.28 bits per heavy atom. The van der Waals surface area contributed by atoms with Crippen LogP contribution in [0.15, 0.2) is 46.3 Å². The molecule has 7 nitrogen and oxygen atoms in total. The quantitative estimate of drug-likeness (QED) is 0.371. The molecule has 0 spiro atoms. The monoisotopic (exact) mass is 411 g/mol. The summed E-state index contributed by atoms with van der Waals surface area (Å²) in [5.41, 5.74) is 2.32. The third-order valence-electron chi connectivity index (χ3n) is 4.77. The van der Waals surface area contributed by atoms with Gasteiger partial charge in [0, 0.05) is 6.42 Å². The first-order valence-electron chi connectivity index (χ1n) is 9.22. The molecule has 0 radical (unpaired) electrons. The second-order valence-electron chi connectivity index (χ2n) is 7.43. The molecule has 0 saturated heterocycles. The topological polar surface area (TPSA) is 83.3 Å². The zero-order chi connectivity index (χ0) is 20.6. The summed E-state index contributed by atoms with van der Waals surface area (Å²) >= 11 is 1.15. The molecular weight excluding hydrogens is 390 g/mol.